The van der Waals surface area contributed by atoms with E-state index in [0.29, 0.717) is 10.9 Å². The largest absolute Gasteiger partial charge is 0.548 e. The predicted octanol–water partition coefficient (Wildman–Crippen LogP) is 0.0975. The van der Waals surface area contributed by atoms with Gasteiger partial charge in [-0.3, -0.25) is 9.36 Å². The van der Waals surface area contributed by atoms with Gasteiger partial charge in [-0.05, 0) is 18.6 Å². The number of carboxylic acid groups (broad SMARTS) is 1. The number of carboxylic acids is 1. The van der Waals surface area contributed by atoms with Crippen molar-refractivity contribution >= 4 is 16.9 Å². The van der Waals surface area contributed by atoms with Gasteiger partial charge in [0.1, 0.15) is 0 Å². The third-order valence-corrected chi connectivity index (χ3v) is 2.68. The van der Waals surface area contributed by atoms with E-state index in [4.69, 9.17) is 0 Å². The lowest BCUT2D eigenvalue weighted by molar-refractivity contribution is -0.310. The van der Waals surface area contributed by atoms with Crippen LogP contribution in [0, 0.1) is 0 Å². The number of benzene rings is 1. The number of aliphatic carboxylic acids is 1. The standard InChI is InChI=1S/C12H12N2O3/c1-2-10(12(16)17)14-7-13-9-6-4-3-5-8(9)11(14)15/h3-7,10H,2H2,1H3,(H,16,17)/p-1/t10-/m1/s1. The molecule has 1 aromatic carbocycles. The molecule has 0 aliphatic heterocycles. The Bertz CT molecular complexity index is 618. The van der Waals surface area contributed by atoms with Gasteiger partial charge in [0.05, 0.1) is 29.2 Å². The smallest absolute Gasteiger partial charge is 0.261 e. The zero-order chi connectivity index (χ0) is 12.4. The van der Waals surface area contributed by atoms with E-state index in [1.807, 2.05) is 0 Å². The first-order valence-corrected chi connectivity index (χ1v) is 5.32. The second-order valence-electron chi connectivity index (χ2n) is 3.72. The average molecular weight is 231 g/mol. The van der Waals surface area contributed by atoms with Gasteiger partial charge in [0, 0.05) is 0 Å². The lowest BCUT2D eigenvalue weighted by atomic mass is 10.2. The van der Waals surface area contributed by atoms with Gasteiger partial charge in [0.2, 0.25) is 0 Å². The monoisotopic (exact) mass is 231 g/mol. The normalized spacial score (nSPS) is 12.5. The fourth-order valence-corrected chi connectivity index (χ4v) is 1.78. The van der Waals surface area contributed by atoms with Crippen molar-refractivity contribution in [2.24, 2.45) is 0 Å². The zero-order valence-corrected chi connectivity index (χ0v) is 9.29. The molecule has 1 heterocycles. The summed E-state index contributed by atoms with van der Waals surface area (Å²) in [5, 5.41) is 11.3. The molecule has 0 amide bonds. The van der Waals surface area contributed by atoms with Crippen LogP contribution >= 0.6 is 0 Å². The fraction of sp³-hybridized carbons (Fsp3) is 0.250. The SMILES string of the molecule is CC[C@H](C(=O)[O-])n1cnc2ccccc2c1=O. The Labute approximate surface area is 97.3 Å². The lowest BCUT2D eigenvalue weighted by Crippen LogP contribution is -2.38. The summed E-state index contributed by atoms with van der Waals surface area (Å²) in [6.45, 7) is 1.68. The molecule has 2 aromatic rings. The van der Waals surface area contributed by atoms with E-state index in [-0.39, 0.29) is 12.0 Å². The zero-order valence-electron chi connectivity index (χ0n) is 9.29. The minimum absolute atomic E-state index is 0.280. The molecule has 0 radical (unpaired) electrons. The van der Waals surface area contributed by atoms with Crippen LogP contribution in [-0.4, -0.2) is 15.5 Å². The summed E-state index contributed by atoms with van der Waals surface area (Å²) in [5.41, 5.74) is 0.202. The van der Waals surface area contributed by atoms with Gasteiger partial charge in [0.25, 0.3) is 5.56 Å². The molecule has 0 saturated carbocycles. The molecule has 5 nitrogen and oxygen atoms in total. The first kappa shape index (κ1) is 11.3. The molecule has 0 spiro atoms. The Kier molecular flexibility index (Phi) is 2.91. The average Bonchev–Trinajstić information content (AvgIpc) is 2.33. The van der Waals surface area contributed by atoms with Crippen molar-refractivity contribution in [3.63, 3.8) is 0 Å². The molecule has 2 rings (SSSR count). The van der Waals surface area contributed by atoms with Crippen molar-refractivity contribution < 1.29 is 9.90 Å². The highest BCUT2D eigenvalue weighted by molar-refractivity contribution is 5.77. The van der Waals surface area contributed by atoms with Crippen LogP contribution in [-0.2, 0) is 4.79 Å². The van der Waals surface area contributed by atoms with Crippen molar-refractivity contribution in [1.29, 1.82) is 0 Å². The van der Waals surface area contributed by atoms with Crippen LogP contribution in [0.25, 0.3) is 10.9 Å². The highest BCUT2D eigenvalue weighted by Crippen LogP contribution is 2.10. The maximum absolute atomic E-state index is 12.1. The number of nitrogens with zero attached hydrogens (tertiary/aromatic N) is 2. The number of aromatic nitrogens is 2. The highest BCUT2D eigenvalue weighted by atomic mass is 16.4. The molecule has 5 heteroatoms. The van der Waals surface area contributed by atoms with Crippen LogP contribution < -0.4 is 10.7 Å². The molecule has 0 unspecified atom stereocenters. The molecule has 1 atom stereocenters. The second kappa shape index (κ2) is 4.37. The predicted molar refractivity (Wildman–Crippen MR) is 60.3 cm³/mol. The van der Waals surface area contributed by atoms with Crippen LogP contribution in [0.2, 0.25) is 0 Å². The molecule has 0 aliphatic rings. The summed E-state index contributed by atoms with van der Waals surface area (Å²) < 4.78 is 1.11. The molecule has 1 aromatic heterocycles. The number of para-hydroxylation sites is 1. The van der Waals surface area contributed by atoms with Gasteiger partial charge in [-0.2, -0.15) is 0 Å². The number of rotatable bonds is 3. The summed E-state index contributed by atoms with van der Waals surface area (Å²) in [7, 11) is 0. The molecular weight excluding hydrogens is 220 g/mol. The van der Waals surface area contributed by atoms with Gasteiger partial charge in [-0.1, -0.05) is 19.1 Å². The maximum Gasteiger partial charge on any atom is 0.261 e. The summed E-state index contributed by atoms with van der Waals surface area (Å²) in [4.78, 5) is 27.1. The molecule has 0 bridgehead atoms. The Morgan fingerprint density at radius 2 is 2.18 bits per heavy atom. The van der Waals surface area contributed by atoms with Gasteiger partial charge in [-0.15, -0.1) is 0 Å². The van der Waals surface area contributed by atoms with Gasteiger partial charge < -0.3 is 9.90 Å². The molecule has 0 N–H and O–H groups in total. The van der Waals surface area contributed by atoms with Crippen LogP contribution in [0.4, 0.5) is 0 Å². The summed E-state index contributed by atoms with van der Waals surface area (Å²) in [6.07, 6.45) is 1.54. The van der Waals surface area contributed by atoms with Crippen molar-refractivity contribution in [3.8, 4) is 0 Å². The van der Waals surface area contributed by atoms with E-state index >= 15 is 0 Å². The third-order valence-electron chi connectivity index (χ3n) is 2.68. The van der Waals surface area contributed by atoms with E-state index in [0.717, 1.165) is 4.57 Å². The van der Waals surface area contributed by atoms with Crippen LogP contribution in [0.5, 0.6) is 0 Å². The number of fused-ring (bicyclic) bond motifs is 1. The number of carbonyl (C=O) groups is 1. The van der Waals surface area contributed by atoms with E-state index in [1.165, 1.54) is 6.33 Å². The molecule has 88 valence electrons. The number of hydrogen-bond acceptors (Lipinski definition) is 4. The topological polar surface area (TPSA) is 75.0 Å². The van der Waals surface area contributed by atoms with E-state index in [2.05, 4.69) is 4.98 Å². The Morgan fingerprint density at radius 1 is 1.47 bits per heavy atom. The quantitative estimate of drug-likeness (QED) is 0.750. The fourth-order valence-electron chi connectivity index (χ4n) is 1.78. The van der Waals surface area contributed by atoms with Gasteiger partial charge in [-0.25, -0.2) is 4.98 Å². The number of hydrogen-bond donors (Lipinski definition) is 0. The molecule has 0 aliphatic carbocycles. The molecule has 0 fully saturated rings. The minimum Gasteiger partial charge on any atom is -0.548 e. The van der Waals surface area contributed by atoms with Crippen molar-refractivity contribution in [2.75, 3.05) is 0 Å². The Morgan fingerprint density at radius 3 is 2.82 bits per heavy atom. The summed E-state index contributed by atoms with van der Waals surface area (Å²) in [6, 6.07) is 5.86. The van der Waals surface area contributed by atoms with Crippen molar-refractivity contribution in [2.45, 2.75) is 19.4 Å². The number of carbonyl (C=O) groups excluding carboxylic acids is 1. The van der Waals surface area contributed by atoms with Crippen molar-refractivity contribution in [1.82, 2.24) is 9.55 Å². The minimum atomic E-state index is -1.27. The Balaban J connectivity index is 2.68. The summed E-state index contributed by atoms with van der Waals surface area (Å²) >= 11 is 0. The maximum atomic E-state index is 12.1. The van der Waals surface area contributed by atoms with E-state index < -0.39 is 12.0 Å². The molecule has 0 saturated heterocycles. The van der Waals surface area contributed by atoms with Gasteiger partial charge >= 0.3 is 0 Å². The summed E-state index contributed by atoms with van der Waals surface area (Å²) in [5.74, 6) is -1.27. The van der Waals surface area contributed by atoms with Crippen LogP contribution in [0.15, 0.2) is 35.4 Å². The third kappa shape index (κ3) is 1.91. The second-order valence-corrected chi connectivity index (χ2v) is 3.72. The van der Waals surface area contributed by atoms with Crippen molar-refractivity contribution in [3.05, 3.63) is 40.9 Å². The molecular formula is C12H11N2O3-. The first-order valence-electron chi connectivity index (χ1n) is 5.32. The van der Waals surface area contributed by atoms with Crippen LogP contribution in [0.3, 0.4) is 0 Å². The highest BCUT2D eigenvalue weighted by Gasteiger charge is 2.13. The van der Waals surface area contributed by atoms with Gasteiger partial charge in [0.15, 0.2) is 0 Å². The van der Waals surface area contributed by atoms with Crippen LogP contribution in [0.1, 0.15) is 19.4 Å². The Hall–Kier alpha value is -2.17. The van der Waals surface area contributed by atoms with E-state index in [9.17, 15) is 14.7 Å². The van der Waals surface area contributed by atoms with E-state index in [1.54, 1.807) is 31.2 Å². The molecule has 17 heavy (non-hydrogen) atoms. The lowest BCUT2D eigenvalue weighted by Gasteiger charge is -2.18. The first-order chi connectivity index (χ1) is 8.15.